The third kappa shape index (κ3) is 7.33. The maximum Gasteiger partial charge on any atom is 2.00 e. The summed E-state index contributed by atoms with van der Waals surface area (Å²) in [5.74, 6) is 5.12. The van der Waals surface area contributed by atoms with E-state index in [0.717, 1.165) is 25.7 Å². The van der Waals surface area contributed by atoms with Gasteiger partial charge in [-0.05, 0) is 12.8 Å². The molecule has 0 aliphatic heterocycles. The minimum Gasteiger partial charge on any atom is -0.542 e. The van der Waals surface area contributed by atoms with Crippen LogP contribution in [0.5, 0.6) is 0 Å². The van der Waals surface area contributed by atoms with E-state index in [-0.39, 0.29) is 43.1 Å². The SMILES string of the molecule is Cc1cc[c-]cc1.NOC1CCC([C-]=O)CC1.[U+2]. The Kier molecular flexibility index (Phi) is 10.7. The summed E-state index contributed by atoms with van der Waals surface area (Å²) in [5, 5.41) is 0. The van der Waals surface area contributed by atoms with E-state index in [2.05, 4.69) is 17.8 Å². The van der Waals surface area contributed by atoms with Crippen molar-refractivity contribution in [3.05, 3.63) is 35.9 Å². The Bertz CT molecular complexity index is 311. The standard InChI is InChI=1S/C7H12NO2.C7H7.U/c8-10-7-3-1-6(5-9)2-4-7;1-7-5-3-2-4-6-7;/h6-7H,1-4,8H2;3-6H,1H3;/q2*-1;+2. The predicted octanol–water partition coefficient (Wildman–Crippen LogP) is 2.34. The van der Waals surface area contributed by atoms with Gasteiger partial charge in [0.15, 0.2) is 0 Å². The fourth-order valence-electron chi connectivity index (χ4n) is 1.79. The van der Waals surface area contributed by atoms with Crippen LogP contribution in [0.15, 0.2) is 24.3 Å². The van der Waals surface area contributed by atoms with Gasteiger partial charge in [0.25, 0.3) is 0 Å². The molecule has 1 aliphatic rings. The molecule has 1 aromatic carbocycles. The number of hydrogen-bond donors (Lipinski definition) is 1. The van der Waals surface area contributed by atoms with Gasteiger partial charge in [0.05, 0.1) is 6.10 Å². The summed E-state index contributed by atoms with van der Waals surface area (Å²) in [7, 11) is 0. The number of benzene rings is 1. The Morgan fingerprint density at radius 1 is 1.28 bits per heavy atom. The fourth-order valence-corrected chi connectivity index (χ4v) is 1.79. The molecule has 1 aliphatic carbocycles. The van der Waals surface area contributed by atoms with E-state index in [0.29, 0.717) is 0 Å². The maximum atomic E-state index is 10.2. The van der Waals surface area contributed by atoms with E-state index in [4.69, 9.17) is 5.90 Å². The van der Waals surface area contributed by atoms with Gasteiger partial charge in [-0.25, -0.2) is 5.90 Å². The first kappa shape index (κ1) is 17.9. The molecule has 0 radical (unpaired) electrons. The van der Waals surface area contributed by atoms with Gasteiger partial charge in [-0.1, -0.05) is 19.8 Å². The molecule has 1 aromatic rings. The molecule has 96 valence electrons. The second-order valence-electron chi connectivity index (χ2n) is 4.30. The first-order chi connectivity index (χ1) is 8.26. The Morgan fingerprint density at radius 3 is 2.17 bits per heavy atom. The first-order valence-electron chi connectivity index (χ1n) is 5.92. The van der Waals surface area contributed by atoms with E-state index < -0.39 is 0 Å². The topological polar surface area (TPSA) is 52.3 Å². The molecule has 3 nitrogen and oxygen atoms in total. The number of rotatable bonds is 2. The number of hydrogen-bond acceptors (Lipinski definition) is 3. The van der Waals surface area contributed by atoms with E-state index in [9.17, 15) is 4.79 Å². The fraction of sp³-hybridized carbons (Fsp3) is 0.500. The van der Waals surface area contributed by atoms with Crippen molar-refractivity contribution in [1.29, 1.82) is 0 Å². The summed E-state index contributed by atoms with van der Waals surface area (Å²) in [4.78, 5) is 14.8. The first-order valence-corrected chi connectivity index (χ1v) is 5.92. The maximum absolute atomic E-state index is 10.2. The molecule has 18 heavy (non-hydrogen) atoms. The third-order valence-corrected chi connectivity index (χ3v) is 2.92. The molecule has 0 bridgehead atoms. The van der Waals surface area contributed by atoms with Crippen LogP contribution in [-0.4, -0.2) is 12.4 Å². The van der Waals surface area contributed by atoms with Gasteiger partial charge in [0.1, 0.15) is 0 Å². The van der Waals surface area contributed by atoms with Gasteiger partial charge < -0.3 is 9.63 Å². The van der Waals surface area contributed by atoms with Gasteiger partial charge >= 0.3 is 31.1 Å². The zero-order valence-electron chi connectivity index (χ0n) is 10.7. The van der Waals surface area contributed by atoms with Crippen molar-refractivity contribution in [2.75, 3.05) is 0 Å². The van der Waals surface area contributed by atoms with Crippen LogP contribution in [-0.2, 0) is 9.63 Å². The van der Waals surface area contributed by atoms with Crippen molar-refractivity contribution in [3.63, 3.8) is 0 Å². The summed E-state index contributed by atoms with van der Waals surface area (Å²) >= 11 is 0. The monoisotopic (exact) mass is 471 g/mol. The van der Waals surface area contributed by atoms with E-state index >= 15 is 0 Å². The van der Waals surface area contributed by atoms with Crippen LogP contribution in [0, 0.1) is 50.0 Å². The second kappa shape index (κ2) is 10.8. The van der Waals surface area contributed by atoms with Crippen LogP contribution >= 0.6 is 0 Å². The Labute approximate surface area is 133 Å². The van der Waals surface area contributed by atoms with Gasteiger partial charge in [-0.2, -0.15) is 35.9 Å². The molecule has 0 atom stereocenters. The minimum absolute atomic E-state index is 0. The van der Waals surface area contributed by atoms with Crippen molar-refractivity contribution in [3.8, 4) is 0 Å². The van der Waals surface area contributed by atoms with E-state index in [1.807, 2.05) is 30.6 Å². The second-order valence-corrected chi connectivity index (χ2v) is 4.30. The summed E-state index contributed by atoms with van der Waals surface area (Å²) in [6, 6.07) is 10.8. The van der Waals surface area contributed by atoms with E-state index in [1.165, 1.54) is 5.56 Å². The molecular formula is C14H19NO2U. The Hall–Kier alpha value is -0.138. The summed E-state index contributed by atoms with van der Waals surface area (Å²) in [6.45, 7) is 2.06. The van der Waals surface area contributed by atoms with Crippen LogP contribution in [0.3, 0.4) is 0 Å². The molecule has 2 rings (SSSR count). The van der Waals surface area contributed by atoms with Crippen LogP contribution < -0.4 is 5.90 Å². The zero-order chi connectivity index (χ0) is 12.5. The smallest absolute Gasteiger partial charge is 0.542 e. The average Bonchev–Trinajstić information content (AvgIpc) is 2.40. The predicted molar refractivity (Wildman–Crippen MR) is 66.7 cm³/mol. The molecule has 0 heterocycles. The number of nitrogens with two attached hydrogens (primary N) is 1. The normalized spacial score (nSPS) is 22.1. The molecule has 4 heteroatoms. The van der Waals surface area contributed by atoms with Crippen molar-refractivity contribution < 1.29 is 40.7 Å². The summed E-state index contributed by atoms with van der Waals surface area (Å²) < 4.78 is 0. The van der Waals surface area contributed by atoms with Gasteiger partial charge in [-0.3, -0.25) is 6.29 Å². The molecule has 0 saturated heterocycles. The molecule has 1 fully saturated rings. The van der Waals surface area contributed by atoms with Crippen LogP contribution in [0.25, 0.3) is 0 Å². The Balaban J connectivity index is 0.000000321. The molecular weight excluding hydrogens is 452 g/mol. The number of carbonyl (C=O) groups excluding carboxylic acids is 1. The van der Waals surface area contributed by atoms with Crippen LogP contribution in [0.2, 0.25) is 0 Å². The van der Waals surface area contributed by atoms with Gasteiger partial charge in [-0.15, -0.1) is 5.92 Å². The van der Waals surface area contributed by atoms with Crippen molar-refractivity contribution in [2.45, 2.75) is 38.7 Å². The van der Waals surface area contributed by atoms with Crippen molar-refractivity contribution >= 4 is 6.29 Å². The molecule has 1 saturated carbocycles. The quantitative estimate of drug-likeness (QED) is 0.533. The minimum atomic E-state index is 0. The molecule has 0 amide bonds. The van der Waals surface area contributed by atoms with Crippen LogP contribution in [0.4, 0.5) is 0 Å². The number of aryl methyl sites for hydroxylation is 1. The molecule has 2 N–H and O–H groups in total. The Morgan fingerprint density at radius 2 is 1.83 bits per heavy atom. The molecule has 0 unspecified atom stereocenters. The van der Waals surface area contributed by atoms with Crippen molar-refractivity contribution in [1.82, 2.24) is 0 Å². The average molecular weight is 471 g/mol. The van der Waals surface area contributed by atoms with Crippen LogP contribution in [0.1, 0.15) is 31.2 Å². The third-order valence-electron chi connectivity index (χ3n) is 2.92. The summed E-state index contributed by atoms with van der Waals surface area (Å²) in [5.41, 5.74) is 1.29. The van der Waals surface area contributed by atoms with Gasteiger partial charge in [0.2, 0.25) is 0 Å². The zero-order valence-corrected chi connectivity index (χ0v) is 14.9. The van der Waals surface area contributed by atoms with Crippen molar-refractivity contribution in [2.24, 2.45) is 11.8 Å². The molecule has 0 aromatic heterocycles. The molecule has 0 spiro atoms. The summed E-state index contributed by atoms with van der Waals surface area (Å²) in [6.07, 6.45) is 5.73. The van der Waals surface area contributed by atoms with E-state index in [1.54, 1.807) is 0 Å². The van der Waals surface area contributed by atoms with Gasteiger partial charge in [0, 0.05) is 0 Å². The largest absolute Gasteiger partial charge is 2.00 e.